The van der Waals surface area contributed by atoms with Gasteiger partial charge in [0, 0.05) is 19.1 Å². The molecule has 3 rings (SSSR count). The van der Waals surface area contributed by atoms with E-state index in [-0.39, 0.29) is 28.8 Å². The molecule has 0 bridgehead atoms. The number of benzene rings is 2. The predicted octanol–water partition coefficient (Wildman–Crippen LogP) is 2.22. The second-order valence-electron chi connectivity index (χ2n) is 6.07. The molecule has 1 heterocycles. The van der Waals surface area contributed by atoms with E-state index in [4.69, 9.17) is 4.74 Å². The van der Waals surface area contributed by atoms with Gasteiger partial charge in [0.1, 0.15) is 0 Å². The van der Waals surface area contributed by atoms with E-state index in [2.05, 4.69) is 9.44 Å². The van der Waals surface area contributed by atoms with Gasteiger partial charge in [0.25, 0.3) is 0 Å². The molecule has 2 N–H and O–H groups in total. The number of hydrogen-bond donors (Lipinski definition) is 2. The van der Waals surface area contributed by atoms with Gasteiger partial charge in [-0.1, -0.05) is 0 Å². The molecular weight excluding hydrogens is 394 g/mol. The number of hydrogen-bond acceptors (Lipinski definition) is 6. The van der Waals surface area contributed by atoms with E-state index >= 15 is 0 Å². The minimum Gasteiger partial charge on any atom is -0.453 e. The van der Waals surface area contributed by atoms with Crippen LogP contribution in [0.3, 0.4) is 0 Å². The normalized spacial score (nSPS) is 13.2. The van der Waals surface area contributed by atoms with Crippen LogP contribution in [-0.4, -0.2) is 35.3 Å². The van der Waals surface area contributed by atoms with Crippen molar-refractivity contribution in [3.63, 3.8) is 0 Å². The molecule has 0 unspecified atom stereocenters. The Hall–Kier alpha value is -2.79. The fourth-order valence-electron chi connectivity index (χ4n) is 2.70. The molecule has 0 saturated heterocycles. The second-order valence-corrected chi connectivity index (χ2v) is 9.57. The monoisotopic (exact) mass is 411 g/mol. The molecule has 0 fully saturated rings. The summed E-state index contributed by atoms with van der Waals surface area (Å²) in [5, 5.41) is 0. The minimum absolute atomic E-state index is 0.253. The number of sulfonamides is 2. The van der Waals surface area contributed by atoms with Crippen LogP contribution in [0.15, 0.2) is 36.4 Å². The molecule has 1 aliphatic rings. The highest BCUT2D eigenvalue weighted by Crippen LogP contribution is 2.48. The summed E-state index contributed by atoms with van der Waals surface area (Å²) in [5.41, 5.74) is 1.43. The van der Waals surface area contributed by atoms with Crippen molar-refractivity contribution in [2.24, 2.45) is 0 Å². The molecule has 1 aliphatic heterocycles. The van der Waals surface area contributed by atoms with E-state index < -0.39 is 20.0 Å². The molecule has 0 aromatic heterocycles. The maximum atomic E-state index is 12.2. The Labute approximate surface area is 157 Å². The lowest BCUT2D eigenvalue weighted by atomic mass is 10.1. The van der Waals surface area contributed by atoms with Crippen LogP contribution >= 0.6 is 0 Å². The summed E-state index contributed by atoms with van der Waals surface area (Å²) >= 11 is 0. The van der Waals surface area contributed by atoms with Gasteiger partial charge in [0.05, 0.1) is 35.3 Å². The van der Waals surface area contributed by atoms with E-state index in [9.17, 15) is 21.6 Å². The molecule has 11 heteroatoms. The summed E-state index contributed by atoms with van der Waals surface area (Å²) in [6.45, 7) is 1.38. The van der Waals surface area contributed by atoms with Gasteiger partial charge in [-0.15, -0.1) is 0 Å². The maximum Gasteiger partial charge on any atom is 0.229 e. The molecule has 2 aromatic carbocycles. The Morgan fingerprint density at radius 3 is 1.59 bits per heavy atom. The zero-order valence-electron chi connectivity index (χ0n) is 14.7. The highest BCUT2D eigenvalue weighted by molar-refractivity contribution is 7.92. The third-order valence-electron chi connectivity index (χ3n) is 3.54. The van der Waals surface area contributed by atoms with Gasteiger partial charge in [-0.2, -0.15) is 0 Å². The number of amides is 1. The lowest BCUT2D eigenvalue weighted by Gasteiger charge is -2.31. The van der Waals surface area contributed by atoms with Crippen molar-refractivity contribution in [1.82, 2.24) is 0 Å². The largest absolute Gasteiger partial charge is 0.453 e. The maximum absolute atomic E-state index is 12.2. The Kier molecular flexibility index (Phi) is 4.52. The first-order valence-corrected chi connectivity index (χ1v) is 11.4. The van der Waals surface area contributed by atoms with Crippen LogP contribution in [0.25, 0.3) is 0 Å². The lowest BCUT2D eigenvalue weighted by Crippen LogP contribution is -2.26. The molecule has 0 aliphatic carbocycles. The standard InChI is InChI=1S/C16H17N3O6S2/c1-10(20)19-13-6-4-11(17-26(2,21)22)8-15(13)25-16-9-12(5-7-14(16)19)18-27(3,23)24/h4-9,17-18H,1-3H3. The van der Waals surface area contributed by atoms with Crippen LogP contribution in [0.1, 0.15) is 6.92 Å². The number of carbonyl (C=O) groups is 1. The second kappa shape index (κ2) is 6.43. The Morgan fingerprint density at radius 2 is 1.26 bits per heavy atom. The van der Waals surface area contributed by atoms with Crippen LogP contribution in [0.5, 0.6) is 11.5 Å². The SMILES string of the molecule is CC(=O)N1c2ccc(NS(C)(=O)=O)cc2Oc2cc(NS(C)(=O)=O)ccc21. The Morgan fingerprint density at radius 1 is 0.852 bits per heavy atom. The lowest BCUT2D eigenvalue weighted by molar-refractivity contribution is -0.115. The molecule has 0 saturated carbocycles. The highest BCUT2D eigenvalue weighted by Gasteiger charge is 2.28. The van der Waals surface area contributed by atoms with Crippen LogP contribution in [0, 0.1) is 0 Å². The van der Waals surface area contributed by atoms with Crippen LogP contribution in [0.2, 0.25) is 0 Å². The van der Waals surface area contributed by atoms with E-state index in [1.165, 1.54) is 36.1 Å². The van der Waals surface area contributed by atoms with Gasteiger partial charge in [0.2, 0.25) is 26.0 Å². The van der Waals surface area contributed by atoms with Crippen molar-refractivity contribution in [2.75, 3.05) is 26.9 Å². The summed E-state index contributed by atoms with van der Waals surface area (Å²) in [6, 6.07) is 9.07. The van der Waals surface area contributed by atoms with E-state index in [0.717, 1.165) is 12.5 Å². The number of rotatable bonds is 4. The molecule has 144 valence electrons. The molecular formula is C16H17N3O6S2. The van der Waals surface area contributed by atoms with Crippen molar-refractivity contribution in [3.05, 3.63) is 36.4 Å². The van der Waals surface area contributed by atoms with Crippen LogP contribution < -0.4 is 19.1 Å². The first-order chi connectivity index (χ1) is 12.4. The zero-order valence-corrected chi connectivity index (χ0v) is 16.3. The van der Waals surface area contributed by atoms with Gasteiger partial charge >= 0.3 is 0 Å². The highest BCUT2D eigenvalue weighted by atomic mass is 32.2. The van der Waals surface area contributed by atoms with Crippen molar-refractivity contribution in [1.29, 1.82) is 0 Å². The molecule has 0 atom stereocenters. The Bertz CT molecular complexity index is 1060. The van der Waals surface area contributed by atoms with Crippen molar-refractivity contribution >= 4 is 48.7 Å². The predicted molar refractivity (Wildman–Crippen MR) is 103 cm³/mol. The van der Waals surface area contributed by atoms with Gasteiger partial charge in [0.15, 0.2) is 11.5 Å². The first-order valence-electron chi connectivity index (χ1n) is 7.65. The topological polar surface area (TPSA) is 122 Å². The van der Waals surface area contributed by atoms with Crippen molar-refractivity contribution in [2.45, 2.75) is 6.92 Å². The number of nitrogens with zero attached hydrogens (tertiary/aromatic N) is 1. The number of nitrogens with one attached hydrogen (secondary N) is 2. The quantitative estimate of drug-likeness (QED) is 0.795. The van der Waals surface area contributed by atoms with Gasteiger partial charge in [-0.25, -0.2) is 16.8 Å². The molecule has 9 nitrogen and oxygen atoms in total. The van der Waals surface area contributed by atoms with Crippen molar-refractivity contribution in [3.8, 4) is 11.5 Å². The number of fused-ring (bicyclic) bond motifs is 2. The smallest absolute Gasteiger partial charge is 0.229 e. The van der Waals surface area contributed by atoms with Gasteiger partial charge in [-0.05, 0) is 24.3 Å². The van der Waals surface area contributed by atoms with E-state index in [0.29, 0.717) is 11.4 Å². The van der Waals surface area contributed by atoms with Gasteiger partial charge in [-0.3, -0.25) is 19.1 Å². The molecule has 0 spiro atoms. The van der Waals surface area contributed by atoms with Gasteiger partial charge < -0.3 is 4.74 Å². The summed E-state index contributed by atoms with van der Waals surface area (Å²) in [5.74, 6) is 0.221. The van der Waals surface area contributed by atoms with Crippen LogP contribution in [-0.2, 0) is 24.8 Å². The van der Waals surface area contributed by atoms with Crippen molar-refractivity contribution < 1.29 is 26.4 Å². The summed E-state index contributed by atoms with van der Waals surface area (Å²) < 4.78 is 56.2. The van der Waals surface area contributed by atoms with Crippen LogP contribution in [0.4, 0.5) is 22.7 Å². The minimum atomic E-state index is -3.48. The van der Waals surface area contributed by atoms with E-state index in [1.54, 1.807) is 12.1 Å². The molecule has 0 radical (unpaired) electrons. The number of anilines is 4. The fourth-order valence-corrected chi connectivity index (χ4v) is 3.81. The number of ether oxygens (including phenoxy) is 1. The third-order valence-corrected chi connectivity index (χ3v) is 4.76. The summed E-state index contributed by atoms with van der Waals surface area (Å²) in [7, 11) is -6.97. The molecule has 1 amide bonds. The first kappa shape index (κ1) is 19.0. The Balaban J connectivity index is 2.08. The molecule has 2 aromatic rings. The average molecular weight is 411 g/mol. The zero-order chi connectivity index (χ0) is 20.0. The summed E-state index contributed by atoms with van der Waals surface area (Å²) in [6.07, 6.45) is 2.04. The number of carbonyl (C=O) groups excluding carboxylic acids is 1. The third kappa shape index (κ3) is 4.31. The fraction of sp³-hybridized carbons (Fsp3) is 0.188. The average Bonchev–Trinajstić information content (AvgIpc) is 2.48. The van der Waals surface area contributed by atoms with E-state index in [1.807, 2.05) is 0 Å². The molecule has 27 heavy (non-hydrogen) atoms. The summed E-state index contributed by atoms with van der Waals surface area (Å²) in [4.78, 5) is 13.6.